The molecule has 1 aliphatic rings. The smallest absolute Gasteiger partial charge is 0.362 e. The number of nitrogens with two attached hydrogens (primary N) is 1. The molecule has 0 bridgehead atoms. The van der Waals surface area contributed by atoms with E-state index in [2.05, 4.69) is 10.1 Å². The van der Waals surface area contributed by atoms with Crippen molar-refractivity contribution in [2.45, 2.75) is 45.1 Å². The van der Waals surface area contributed by atoms with Crippen molar-refractivity contribution in [3.8, 4) is 0 Å². The standard InChI is InChI=1S/C13H19N3O3S/c1-2-18-12(17)11(10-8-20-13(14)15-10)16-19-9-6-4-3-5-7-9/h8-9H,2-7H2,1H3,(H2,14,15)/b16-11-. The third-order valence-electron chi connectivity index (χ3n) is 3.08. The molecule has 1 aliphatic carbocycles. The van der Waals surface area contributed by atoms with Gasteiger partial charge in [0.15, 0.2) is 5.13 Å². The van der Waals surface area contributed by atoms with Gasteiger partial charge in [0, 0.05) is 5.38 Å². The molecule has 1 aromatic heterocycles. The second-order valence-corrected chi connectivity index (χ2v) is 5.49. The van der Waals surface area contributed by atoms with Crippen molar-refractivity contribution in [1.29, 1.82) is 0 Å². The molecule has 0 unspecified atom stereocenters. The third kappa shape index (κ3) is 3.93. The highest BCUT2D eigenvalue weighted by Gasteiger charge is 2.21. The van der Waals surface area contributed by atoms with Gasteiger partial charge in [0.2, 0.25) is 5.71 Å². The Kier molecular flexibility index (Phi) is 5.34. The molecular formula is C13H19N3O3S. The summed E-state index contributed by atoms with van der Waals surface area (Å²) in [6, 6.07) is 0. The Hall–Kier alpha value is -1.63. The molecule has 1 fully saturated rings. The van der Waals surface area contributed by atoms with Crippen molar-refractivity contribution < 1.29 is 14.4 Å². The maximum absolute atomic E-state index is 11.9. The monoisotopic (exact) mass is 297 g/mol. The molecular weight excluding hydrogens is 278 g/mol. The lowest BCUT2D eigenvalue weighted by molar-refractivity contribution is -0.135. The summed E-state index contributed by atoms with van der Waals surface area (Å²) in [7, 11) is 0. The van der Waals surface area contributed by atoms with Crippen LogP contribution < -0.4 is 5.73 Å². The number of thiazole rings is 1. The van der Waals surface area contributed by atoms with Gasteiger partial charge in [-0.15, -0.1) is 11.3 Å². The largest absolute Gasteiger partial charge is 0.461 e. The zero-order chi connectivity index (χ0) is 14.4. The highest BCUT2D eigenvalue weighted by Crippen LogP contribution is 2.21. The molecule has 6 nitrogen and oxygen atoms in total. The summed E-state index contributed by atoms with van der Waals surface area (Å²) in [4.78, 5) is 21.5. The first-order chi connectivity index (χ1) is 9.70. The first-order valence-electron chi connectivity index (χ1n) is 6.83. The summed E-state index contributed by atoms with van der Waals surface area (Å²) in [5.74, 6) is -0.534. The lowest BCUT2D eigenvalue weighted by Gasteiger charge is -2.19. The quantitative estimate of drug-likeness (QED) is 0.512. The molecule has 0 amide bonds. The van der Waals surface area contributed by atoms with Crippen LogP contribution in [0.15, 0.2) is 10.5 Å². The van der Waals surface area contributed by atoms with E-state index in [1.54, 1.807) is 12.3 Å². The summed E-state index contributed by atoms with van der Waals surface area (Å²) < 4.78 is 4.98. The molecule has 1 heterocycles. The fourth-order valence-corrected chi connectivity index (χ4v) is 2.63. The molecule has 0 atom stereocenters. The van der Waals surface area contributed by atoms with Crippen LogP contribution >= 0.6 is 11.3 Å². The van der Waals surface area contributed by atoms with Crippen LogP contribution in [0.1, 0.15) is 44.7 Å². The van der Waals surface area contributed by atoms with Crippen molar-refractivity contribution in [3.05, 3.63) is 11.1 Å². The van der Waals surface area contributed by atoms with Crippen LogP contribution in [0.5, 0.6) is 0 Å². The predicted octanol–water partition coefficient (Wildman–Crippen LogP) is 2.34. The number of nitrogen functional groups attached to an aromatic ring is 1. The average Bonchev–Trinajstić information content (AvgIpc) is 2.87. The van der Waals surface area contributed by atoms with Gasteiger partial charge in [0.25, 0.3) is 0 Å². The van der Waals surface area contributed by atoms with Crippen LogP contribution in [-0.4, -0.2) is 29.4 Å². The number of hydrogen-bond donors (Lipinski definition) is 1. The van der Waals surface area contributed by atoms with Gasteiger partial charge in [-0.05, 0) is 32.6 Å². The average molecular weight is 297 g/mol. The number of rotatable bonds is 5. The van der Waals surface area contributed by atoms with Crippen LogP contribution in [0, 0.1) is 0 Å². The molecule has 0 saturated heterocycles. The van der Waals surface area contributed by atoms with Crippen molar-refractivity contribution >= 4 is 28.1 Å². The van der Waals surface area contributed by atoms with Crippen LogP contribution in [0.4, 0.5) is 5.13 Å². The third-order valence-corrected chi connectivity index (χ3v) is 3.75. The Morgan fingerprint density at radius 3 is 2.85 bits per heavy atom. The molecule has 7 heteroatoms. The fraction of sp³-hybridized carbons (Fsp3) is 0.615. The number of hydrogen-bond acceptors (Lipinski definition) is 7. The molecule has 2 rings (SSSR count). The van der Waals surface area contributed by atoms with Crippen molar-refractivity contribution in [2.24, 2.45) is 5.16 Å². The van der Waals surface area contributed by atoms with E-state index in [-0.39, 0.29) is 18.4 Å². The fourth-order valence-electron chi connectivity index (χ4n) is 2.08. The molecule has 1 aromatic rings. The minimum atomic E-state index is -0.534. The zero-order valence-corrected chi connectivity index (χ0v) is 12.3. The second kappa shape index (κ2) is 7.23. The molecule has 0 radical (unpaired) electrons. The summed E-state index contributed by atoms with van der Waals surface area (Å²) in [6.45, 7) is 2.02. The number of carbonyl (C=O) groups is 1. The maximum atomic E-state index is 11.9. The van der Waals surface area contributed by atoms with Crippen molar-refractivity contribution in [1.82, 2.24) is 4.98 Å². The first kappa shape index (κ1) is 14.8. The summed E-state index contributed by atoms with van der Waals surface area (Å²) >= 11 is 1.25. The number of nitrogens with zero attached hydrogens (tertiary/aromatic N) is 2. The topological polar surface area (TPSA) is 86.8 Å². The number of oxime groups is 1. The van der Waals surface area contributed by atoms with Gasteiger partial charge in [0.05, 0.1) is 6.61 Å². The van der Waals surface area contributed by atoms with Gasteiger partial charge in [-0.2, -0.15) is 0 Å². The summed E-state index contributed by atoms with van der Waals surface area (Å²) in [5.41, 5.74) is 6.08. The van der Waals surface area contributed by atoms with Gasteiger partial charge in [-0.3, -0.25) is 0 Å². The van der Waals surface area contributed by atoms with E-state index in [1.807, 2.05) is 0 Å². The van der Waals surface area contributed by atoms with Crippen molar-refractivity contribution in [2.75, 3.05) is 12.3 Å². The SMILES string of the molecule is CCOC(=O)/C(=N\OC1CCCCC1)c1csc(N)n1. The van der Waals surface area contributed by atoms with Crippen LogP contribution in [0.2, 0.25) is 0 Å². The minimum Gasteiger partial charge on any atom is -0.461 e. The zero-order valence-electron chi connectivity index (χ0n) is 11.5. The first-order valence-corrected chi connectivity index (χ1v) is 7.71. The van der Waals surface area contributed by atoms with E-state index in [0.717, 1.165) is 25.7 Å². The Balaban J connectivity index is 2.10. The minimum absolute atomic E-state index is 0.0733. The Labute approximate surface area is 122 Å². The summed E-state index contributed by atoms with van der Waals surface area (Å²) in [5, 5.41) is 6.04. The van der Waals surface area contributed by atoms with Crippen LogP contribution in [0.25, 0.3) is 0 Å². The maximum Gasteiger partial charge on any atom is 0.362 e. The van der Waals surface area contributed by atoms with E-state index in [9.17, 15) is 4.79 Å². The van der Waals surface area contributed by atoms with E-state index >= 15 is 0 Å². The lowest BCUT2D eigenvalue weighted by atomic mass is 9.98. The number of ether oxygens (including phenoxy) is 1. The van der Waals surface area contributed by atoms with E-state index in [4.69, 9.17) is 15.3 Å². The van der Waals surface area contributed by atoms with E-state index in [0.29, 0.717) is 10.8 Å². The summed E-state index contributed by atoms with van der Waals surface area (Å²) in [6.07, 6.45) is 5.52. The highest BCUT2D eigenvalue weighted by molar-refractivity contribution is 7.13. The van der Waals surface area contributed by atoms with E-state index < -0.39 is 5.97 Å². The predicted molar refractivity (Wildman–Crippen MR) is 77.7 cm³/mol. The number of anilines is 1. The van der Waals surface area contributed by atoms with E-state index in [1.165, 1.54) is 17.8 Å². The van der Waals surface area contributed by atoms with Gasteiger partial charge in [-0.25, -0.2) is 9.78 Å². The van der Waals surface area contributed by atoms with Gasteiger partial charge in [-0.1, -0.05) is 11.6 Å². The number of carbonyl (C=O) groups excluding carboxylic acids is 1. The van der Waals surface area contributed by atoms with Crippen LogP contribution in [0.3, 0.4) is 0 Å². The number of aromatic nitrogens is 1. The molecule has 20 heavy (non-hydrogen) atoms. The second-order valence-electron chi connectivity index (χ2n) is 4.60. The van der Waals surface area contributed by atoms with Gasteiger partial charge in [0.1, 0.15) is 11.8 Å². The molecule has 2 N–H and O–H groups in total. The normalized spacial score (nSPS) is 16.9. The lowest BCUT2D eigenvalue weighted by Crippen LogP contribution is -2.22. The Bertz CT molecular complexity index is 481. The molecule has 1 saturated carbocycles. The molecule has 0 aromatic carbocycles. The Morgan fingerprint density at radius 2 is 2.25 bits per heavy atom. The molecule has 110 valence electrons. The van der Waals surface area contributed by atoms with Crippen LogP contribution in [-0.2, 0) is 14.4 Å². The van der Waals surface area contributed by atoms with Crippen molar-refractivity contribution in [3.63, 3.8) is 0 Å². The Morgan fingerprint density at radius 1 is 1.50 bits per heavy atom. The number of esters is 1. The van der Waals surface area contributed by atoms with Gasteiger partial charge < -0.3 is 15.3 Å². The van der Waals surface area contributed by atoms with Gasteiger partial charge >= 0.3 is 5.97 Å². The highest BCUT2D eigenvalue weighted by atomic mass is 32.1. The molecule has 0 spiro atoms. The molecule has 0 aliphatic heterocycles.